The maximum Gasteiger partial charge on any atom is 0.327 e. The number of carbonyl (C=O) groups is 2. The Balaban J connectivity index is 2.05. The predicted molar refractivity (Wildman–Crippen MR) is 75.8 cm³/mol. The van der Waals surface area contributed by atoms with Crippen LogP contribution < -0.4 is 0 Å². The second kappa shape index (κ2) is 4.52. The number of amides is 1. The topological polar surface area (TPSA) is 57.6 Å². The van der Waals surface area contributed by atoms with Crippen LogP contribution in [0.3, 0.4) is 0 Å². The van der Waals surface area contributed by atoms with Crippen LogP contribution in [0.5, 0.6) is 0 Å². The minimum Gasteiger partial charge on any atom is -0.480 e. The highest BCUT2D eigenvalue weighted by Gasteiger charge is 2.56. The number of benzene rings is 1. The van der Waals surface area contributed by atoms with Gasteiger partial charge < -0.3 is 10.0 Å². The molecule has 0 radical (unpaired) electrons. The zero-order chi connectivity index (χ0) is 13.6. The molecule has 0 aromatic heterocycles. The van der Waals surface area contributed by atoms with Crippen LogP contribution in [0.15, 0.2) is 28.7 Å². The SMILES string of the molecule is O=C(O)[C@@H]1CS[C@@]2(c3ccc(Br)cc3)CCC(=O)N12. The fraction of sp³-hybridized carbons (Fsp3) is 0.385. The minimum absolute atomic E-state index is 0.0553. The van der Waals surface area contributed by atoms with Crippen LogP contribution in [-0.2, 0) is 14.5 Å². The third kappa shape index (κ3) is 1.89. The Labute approximate surface area is 123 Å². The Morgan fingerprint density at radius 1 is 1.42 bits per heavy atom. The largest absolute Gasteiger partial charge is 0.480 e. The van der Waals surface area contributed by atoms with Crippen LogP contribution >= 0.6 is 27.7 Å². The number of aliphatic carboxylic acids is 1. The molecule has 1 amide bonds. The van der Waals surface area contributed by atoms with E-state index in [0.717, 1.165) is 10.0 Å². The predicted octanol–water partition coefficient (Wildman–Crippen LogP) is 2.42. The molecule has 2 saturated heterocycles. The summed E-state index contributed by atoms with van der Waals surface area (Å²) in [6.45, 7) is 0. The maximum atomic E-state index is 12.1. The average molecular weight is 342 g/mol. The van der Waals surface area contributed by atoms with Crippen LogP contribution in [0.25, 0.3) is 0 Å². The highest BCUT2D eigenvalue weighted by atomic mass is 79.9. The van der Waals surface area contributed by atoms with Crippen molar-refractivity contribution in [3.05, 3.63) is 34.3 Å². The van der Waals surface area contributed by atoms with E-state index in [-0.39, 0.29) is 5.91 Å². The lowest BCUT2D eigenvalue weighted by Crippen LogP contribution is -2.45. The van der Waals surface area contributed by atoms with E-state index in [0.29, 0.717) is 18.6 Å². The van der Waals surface area contributed by atoms with Crippen molar-refractivity contribution in [1.82, 2.24) is 4.90 Å². The number of carboxylic acids is 1. The second-order valence-electron chi connectivity index (χ2n) is 4.72. The summed E-state index contributed by atoms with van der Waals surface area (Å²) in [6, 6.07) is 7.09. The molecular formula is C13H12BrNO3S. The Kier molecular flexibility index (Phi) is 3.09. The molecule has 2 fully saturated rings. The van der Waals surface area contributed by atoms with Crippen molar-refractivity contribution in [2.24, 2.45) is 0 Å². The molecule has 4 nitrogen and oxygen atoms in total. The summed E-state index contributed by atoms with van der Waals surface area (Å²) in [7, 11) is 0. The van der Waals surface area contributed by atoms with Gasteiger partial charge in [-0.2, -0.15) is 0 Å². The summed E-state index contributed by atoms with van der Waals surface area (Å²) in [6.07, 6.45) is 1.11. The van der Waals surface area contributed by atoms with Gasteiger partial charge >= 0.3 is 5.97 Å². The Hall–Kier alpha value is -1.01. The molecule has 1 aromatic rings. The third-order valence-corrected chi connectivity index (χ3v) is 5.83. The summed E-state index contributed by atoms with van der Waals surface area (Å²) in [5.74, 6) is -0.515. The molecule has 2 heterocycles. The minimum atomic E-state index is -0.915. The van der Waals surface area contributed by atoms with Crippen molar-refractivity contribution in [3.63, 3.8) is 0 Å². The number of hydrogen-bond acceptors (Lipinski definition) is 3. The molecule has 2 aliphatic heterocycles. The van der Waals surface area contributed by atoms with E-state index in [1.54, 1.807) is 16.7 Å². The molecule has 1 N–H and O–H groups in total. The number of carboxylic acid groups (broad SMARTS) is 1. The standard InChI is InChI=1S/C13H12BrNO3S/c14-9-3-1-8(2-4-9)13-6-5-11(16)15(13)10(7-19-13)12(17)18/h1-4,10H,5-7H2,(H,17,18)/t10-,13+/m0/s1. The van der Waals surface area contributed by atoms with E-state index < -0.39 is 16.9 Å². The van der Waals surface area contributed by atoms with E-state index in [4.69, 9.17) is 0 Å². The average Bonchev–Trinajstić information content (AvgIpc) is 2.90. The van der Waals surface area contributed by atoms with E-state index in [2.05, 4.69) is 15.9 Å². The molecular weight excluding hydrogens is 330 g/mol. The lowest BCUT2D eigenvalue weighted by molar-refractivity contribution is -0.148. The van der Waals surface area contributed by atoms with E-state index in [1.807, 2.05) is 24.3 Å². The summed E-state index contributed by atoms with van der Waals surface area (Å²) in [5, 5.41) is 9.27. The normalized spacial score (nSPS) is 29.6. The first-order chi connectivity index (χ1) is 9.04. The number of carbonyl (C=O) groups excluding carboxylic acids is 1. The molecule has 0 saturated carbocycles. The Morgan fingerprint density at radius 2 is 2.11 bits per heavy atom. The third-order valence-electron chi connectivity index (χ3n) is 3.71. The lowest BCUT2D eigenvalue weighted by Gasteiger charge is -2.33. The van der Waals surface area contributed by atoms with Gasteiger partial charge in [0.1, 0.15) is 10.9 Å². The molecule has 2 atom stereocenters. The first kappa shape index (κ1) is 13.0. The van der Waals surface area contributed by atoms with Crippen LogP contribution in [0.2, 0.25) is 0 Å². The molecule has 0 spiro atoms. The van der Waals surface area contributed by atoms with Gasteiger partial charge in [0.15, 0.2) is 0 Å². The van der Waals surface area contributed by atoms with E-state index >= 15 is 0 Å². The zero-order valence-corrected chi connectivity index (χ0v) is 12.4. The van der Waals surface area contributed by atoms with Gasteiger partial charge in [0.05, 0.1) is 0 Å². The number of hydrogen-bond donors (Lipinski definition) is 1. The van der Waals surface area contributed by atoms with Crippen molar-refractivity contribution in [2.75, 3.05) is 5.75 Å². The Bertz CT molecular complexity index is 547. The van der Waals surface area contributed by atoms with Gasteiger partial charge in [-0.3, -0.25) is 4.79 Å². The second-order valence-corrected chi connectivity index (χ2v) is 6.93. The zero-order valence-electron chi connectivity index (χ0n) is 10.0. The van der Waals surface area contributed by atoms with Crippen molar-refractivity contribution < 1.29 is 14.7 Å². The van der Waals surface area contributed by atoms with Crippen LogP contribution in [0, 0.1) is 0 Å². The van der Waals surface area contributed by atoms with Crippen LogP contribution in [0.1, 0.15) is 18.4 Å². The first-order valence-corrected chi connectivity index (χ1v) is 7.77. The van der Waals surface area contributed by atoms with Crippen molar-refractivity contribution in [3.8, 4) is 0 Å². The van der Waals surface area contributed by atoms with Crippen LogP contribution in [0.4, 0.5) is 0 Å². The van der Waals surface area contributed by atoms with Gasteiger partial charge in [0, 0.05) is 16.6 Å². The van der Waals surface area contributed by atoms with Crippen molar-refractivity contribution >= 4 is 39.6 Å². The first-order valence-electron chi connectivity index (χ1n) is 5.99. The van der Waals surface area contributed by atoms with E-state index in [1.165, 1.54) is 0 Å². The van der Waals surface area contributed by atoms with E-state index in [9.17, 15) is 14.7 Å². The van der Waals surface area contributed by atoms with Crippen molar-refractivity contribution in [1.29, 1.82) is 0 Å². The number of fused-ring (bicyclic) bond motifs is 1. The molecule has 100 valence electrons. The molecule has 0 aliphatic carbocycles. The van der Waals surface area contributed by atoms with Crippen molar-refractivity contribution in [2.45, 2.75) is 23.8 Å². The summed E-state index contributed by atoms with van der Waals surface area (Å²) in [4.78, 5) is 24.4. The van der Waals surface area contributed by atoms with Gasteiger partial charge in [0.2, 0.25) is 5.91 Å². The highest BCUT2D eigenvalue weighted by molar-refractivity contribution is 9.10. The monoisotopic (exact) mass is 341 g/mol. The molecule has 19 heavy (non-hydrogen) atoms. The number of halogens is 1. The summed E-state index contributed by atoms with van der Waals surface area (Å²) >= 11 is 4.96. The maximum absolute atomic E-state index is 12.1. The van der Waals surface area contributed by atoms with Gasteiger partial charge in [-0.05, 0) is 24.1 Å². The molecule has 0 unspecified atom stereocenters. The molecule has 3 rings (SSSR count). The number of rotatable bonds is 2. The van der Waals surface area contributed by atoms with Crippen LogP contribution in [-0.4, -0.2) is 33.7 Å². The van der Waals surface area contributed by atoms with Gasteiger partial charge in [0.25, 0.3) is 0 Å². The molecule has 1 aromatic carbocycles. The number of nitrogens with zero attached hydrogens (tertiary/aromatic N) is 1. The van der Waals surface area contributed by atoms with Gasteiger partial charge in [-0.25, -0.2) is 4.79 Å². The van der Waals surface area contributed by atoms with Gasteiger partial charge in [-0.1, -0.05) is 28.1 Å². The molecule has 0 bridgehead atoms. The molecule has 2 aliphatic rings. The van der Waals surface area contributed by atoms with Gasteiger partial charge in [-0.15, -0.1) is 11.8 Å². The fourth-order valence-electron chi connectivity index (χ4n) is 2.84. The quantitative estimate of drug-likeness (QED) is 0.897. The highest BCUT2D eigenvalue weighted by Crippen LogP contribution is 2.54. The summed E-state index contributed by atoms with van der Waals surface area (Å²) in [5.41, 5.74) is 1.01. The number of thioether (sulfide) groups is 1. The Morgan fingerprint density at radius 3 is 2.74 bits per heavy atom. The molecule has 6 heteroatoms. The lowest BCUT2D eigenvalue weighted by atomic mass is 10.0. The smallest absolute Gasteiger partial charge is 0.327 e. The summed E-state index contributed by atoms with van der Waals surface area (Å²) < 4.78 is 0.973. The fourth-order valence-corrected chi connectivity index (χ4v) is 4.74.